The van der Waals surface area contributed by atoms with Crippen LogP contribution in [-0.2, 0) is 13.5 Å². The van der Waals surface area contributed by atoms with Crippen molar-refractivity contribution in [2.45, 2.75) is 6.42 Å². The van der Waals surface area contributed by atoms with Crippen molar-refractivity contribution >= 4 is 23.4 Å². The van der Waals surface area contributed by atoms with Gasteiger partial charge < -0.3 is 15.0 Å². The van der Waals surface area contributed by atoms with E-state index in [4.69, 9.17) is 16.7 Å². The summed E-state index contributed by atoms with van der Waals surface area (Å²) < 4.78 is 1.92. The Morgan fingerprint density at radius 3 is 2.89 bits per heavy atom. The molecule has 6 nitrogen and oxygen atoms in total. The number of hydrogen-bond acceptors (Lipinski definition) is 4. The number of rotatable bonds is 5. The lowest BCUT2D eigenvalue weighted by Crippen LogP contribution is -2.11. The first kappa shape index (κ1) is 13.4. The second kappa shape index (κ2) is 5.71. The zero-order valence-corrected chi connectivity index (χ0v) is 11.1. The summed E-state index contributed by atoms with van der Waals surface area (Å²) in [6.07, 6.45) is 5.70. The van der Waals surface area contributed by atoms with Crippen molar-refractivity contribution in [3.8, 4) is 0 Å². The van der Waals surface area contributed by atoms with Crippen LogP contribution in [0.5, 0.6) is 0 Å². The van der Waals surface area contributed by atoms with Gasteiger partial charge in [0.25, 0.3) is 0 Å². The van der Waals surface area contributed by atoms with Crippen molar-refractivity contribution in [3.63, 3.8) is 0 Å². The van der Waals surface area contributed by atoms with Crippen LogP contribution in [0.25, 0.3) is 0 Å². The fourth-order valence-corrected chi connectivity index (χ4v) is 1.92. The first-order valence-corrected chi connectivity index (χ1v) is 6.05. The van der Waals surface area contributed by atoms with Gasteiger partial charge in [-0.05, 0) is 6.07 Å². The van der Waals surface area contributed by atoms with E-state index in [0.29, 0.717) is 18.8 Å². The molecule has 0 saturated carbocycles. The summed E-state index contributed by atoms with van der Waals surface area (Å²) in [5.41, 5.74) is 0.0381. The predicted octanol–water partition coefficient (Wildman–Crippen LogP) is 1.82. The summed E-state index contributed by atoms with van der Waals surface area (Å²) in [6.45, 7) is 0.570. The Bertz CT molecular complexity index is 597. The van der Waals surface area contributed by atoms with Crippen LogP contribution in [0, 0.1) is 0 Å². The number of halogens is 1. The Hall–Kier alpha value is -2.08. The number of hydrogen-bond donors (Lipinski definition) is 2. The smallest absolute Gasteiger partial charge is 0.337 e. The normalized spacial score (nSPS) is 10.4. The molecule has 2 aromatic rings. The molecule has 19 heavy (non-hydrogen) atoms. The summed E-state index contributed by atoms with van der Waals surface area (Å²) in [4.78, 5) is 19.1. The first-order chi connectivity index (χ1) is 9.09. The highest BCUT2D eigenvalue weighted by Gasteiger charge is 2.12. The molecule has 0 radical (unpaired) electrons. The highest BCUT2D eigenvalue weighted by molar-refractivity contribution is 6.35. The van der Waals surface area contributed by atoms with Gasteiger partial charge in [-0.25, -0.2) is 14.8 Å². The fourth-order valence-electron chi connectivity index (χ4n) is 1.66. The van der Waals surface area contributed by atoms with Gasteiger partial charge in [0.2, 0.25) is 0 Å². The maximum atomic E-state index is 10.9. The molecule has 7 heteroatoms. The molecular formula is C12H13ClN4O2. The number of aromatic carboxylic acids is 1. The SMILES string of the molecule is Cn1ccnc1CCNc1nccc(C(=O)O)c1Cl. The number of imidazole rings is 1. The number of pyridine rings is 1. The highest BCUT2D eigenvalue weighted by Crippen LogP contribution is 2.23. The molecule has 2 N–H and O–H groups in total. The van der Waals surface area contributed by atoms with Gasteiger partial charge in [0.1, 0.15) is 11.6 Å². The van der Waals surface area contributed by atoms with Crippen LogP contribution < -0.4 is 5.32 Å². The summed E-state index contributed by atoms with van der Waals surface area (Å²) in [6, 6.07) is 1.37. The lowest BCUT2D eigenvalue weighted by atomic mass is 10.2. The van der Waals surface area contributed by atoms with Gasteiger partial charge in [0.05, 0.1) is 10.6 Å². The Morgan fingerprint density at radius 1 is 1.47 bits per heavy atom. The van der Waals surface area contributed by atoms with E-state index in [1.54, 1.807) is 6.20 Å². The average molecular weight is 281 g/mol. The third-order valence-corrected chi connectivity index (χ3v) is 3.06. The molecule has 100 valence electrons. The van der Waals surface area contributed by atoms with E-state index in [2.05, 4.69) is 15.3 Å². The lowest BCUT2D eigenvalue weighted by molar-refractivity contribution is 0.0697. The maximum absolute atomic E-state index is 10.9. The third kappa shape index (κ3) is 3.03. The molecule has 0 aliphatic carbocycles. The van der Waals surface area contributed by atoms with Gasteiger partial charge in [-0.2, -0.15) is 0 Å². The Labute approximate surface area is 115 Å². The highest BCUT2D eigenvalue weighted by atomic mass is 35.5. The Morgan fingerprint density at radius 2 is 2.26 bits per heavy atom. The number of aromatic nitrogens is 3. The standard InChI is InChI=1S/C12H13ClN4O2/c1-17-7-6-14-9(17)3-5-16-11-10(13)8(12(18)19)2-4-15-11/h2,4,6-7H,3,5H2,1H3,(H,15,16)(H,18,19). The number of anilines is 1. The van der Waals surface area contributed by atoms with E-state index < -0.39 is 5.97 Å². The first-order valence-electron chi connectivity index (χ1n) is 5.67. The summed E-state index contributed by atoms with van der Waals surface area (Å²) in [7, 11) is 1.92. The van der Waals surface area contributed by atoms with Crippen LogP contribution in [-0.4, -0.2) is 32.2 Å². The fraction of sp³-hybridized carbons (Fsp3) is 0.250. The lowest BCUT2D eigenvalue weighted by Gasteiger charge is -2.08. The summed E-state index contributed by atoms with van der Waals surface area (Å²) in [5, 5.41) is 12.1. The van der Waals surface area contributed by atoms with Crippen LogP contribution in [0.2, 0.25) is 5.02 Å². The van der Waals surface area contributed by atoms with Crippen molar-refractivity contribution in [2.24, 2.45) is 7.05 Å². The van der Waals surface area contributed by atoms with Gasteiger partial charge in [0, 0.05) is 38.6 Å². The van der Waals surface area contributed by atoms with Crippen LogP contribution in [0.15, 0.2) is 24.7 Å². The van der Waals surface area contributed by atoms with Gasteiger partial charge in [-0.15, -0.1) is 0 Å². The minimum absolute atomic E-state index is 0.0381. The van der Waals surface area contributed by atoms with Crippen LogP contribution >= 0.6 is 11.6 Å². The maximum Gasteiger partial charge on any atom is 0.337 e. The summed E-state index contributed by atoms with van der Waals surface area (Å²) >= 11 is 5.97. The number of carboxylic acids is 1. The second-order valence-corrected chi connectivity index (χ2v) is 4.34. The summed E-state index contributed by atoms with van der Waals surface area (Å²) in [5.74, 6) is 0.230. The van der Waals surface area contributed by atoms with Crippen molar-refractivity contribution in [1.82, 2.24) is 14.5 Å². The number of nitrogens with zero attached hydrogens (tertiary/aromatic N) is 3. The molecule has 2 heterocycles. The third-order valence-electron chi connectivity index (χ3n) is 2.68. The molecule has 0 saturated heterocycles. The van der Waals surface area contributed by atoms with Gasteiger partial charge in [-0.1, -0.05) is 11.6 Å². The number of aryl methyl sites for hydroxylation is 1. The molecule has 0 aliphatic heterocycles. The molecule has 2 rings (SSSR count). The van der Waals surface area contributed by atoms with E-state index >= 15 is 0 Å². The van der Waals surface area contributed by atoms with Crippen molar-refractivity contribution in [1.29, 1.82) is 0 Å². The molecular weight excluding hydrogens is 268 g/mol. The topological polar surface area (TPSA) is 80.0 Å². The Balaban J connectivity index is 2.02. The second-order valence-electron chi connectivity index (χ2n) is 3.96. The monoisotopic (exact) mass is 280 g/mol. The van der Waals surface area contributed by atoms with E-state index in [9.17, 15) is 4.79 Å². The minimum Gasteiger partial charge on any atom is -0.478 e. The molecule has 0 aromatic carbocycles. The van der Waals surface area contributed by atoms with Crippen LogP contribution in [0.4, 0.5) is 5.82 Å². The molecule has 0 amide bonds. The minimum atomic E-state index is -1.07. The van der Waals surface area contributed by atoms with Crippen molar-refractivity contribution < 1.29 is 9.90 Å². The van der Waals surface area contributed by atoms with Gasteiger partial charge in [-0.3, -0.25) is 0 Å². The Kier molecular flexibility index (Phi) is 4.01. The molecule has 0 fully saturated rings. The number of carbonyl (C=O) groups is 1. The average Bonchev–Trinajstić information content (AvgIpc) is 2.77. The van der Waals surface area contributed by atoms with Crippen LogP contribution in [0.3, 0.4) is 0 Å². The van der Waals surface area contributed by atoms with E-state index in [0.717, 1.165) is 5.82 Å². The zero-order valence-electron chi connectivity index (χ0n) is 10.3. The molecule has 0 unspecified atom stereocenters. The zero-order chi connectivity index (χ0) is 13.8. The van der Waals surface area contributed by atoms with Gasteiger partial charge >= 0.3 is 5.97 Å². The number of carboxylic acid groups (broad SMARTS) is 1. The van der Waals surface area contributed by atoms with Crippen molar-refractivity contribution in [3.05, 3.63) is 41.1 Å². The molecule has 0 atom stereocenters. The van der Waals surface area contributed by atoms with E-state index in [-0.39, 0.29) is 10.6 Å². The van der Waals surface area contributed by atoms with Crippen LogP contribution in [0.1, 0.15) is 16.2 Å². The molecule has 0 spiro atoms. The van der Waals surface area contributed by atoms with Crippen molar-refractivity contribution in [2.75, 3.05) is 11.9 Å². The van der Waals surface area contributed by atoms with E-state index in [1.165, 1.54) is 12.3 Å². The molecule has 0 aliphatic rings. The van der Waals surface area contributed by atoms with Gasteiger partial charge in [0.15, 0.2) is 0 Å². The predicted molar refractivity (Wildman–Crippen MR) is 71.6 cm³/mol. The molecule has 0 bridgehead atoms. The number of nitrogens with one attached hydrogen (secondary N) is 1. The molecule has 2 aromatic heterocycles. The largest absolute Gasteiger partial charge is 0.478 e. The quantitative estimate of drug-likeness (QED) is 0.873. The van der Waals surface area contributed by atoms with E-state index in [1.807, 2.05) is 17.8 Å².